The summed E-state index contributed by atoms with van der Waals surface area (Å²) in [6, 6.07) is 17.5. The largest absolute Gasteiger partial charge is 0.319 e. The number of carbonyl (C=O) groups excluding carboxylic acids is 1. The van der Waals surface area contributed by atoms with Gasteiger partial charge in [0.15, 0.2) is 0 Å². The molecule has 4 rings (SSSR count). The first-order valence-electron chi connectivity index (χ1n) is 8.91. The highest BCUT2D eigenvalue weighted by atomic mass is 16.1. The second-order valence-corrected chi connectivity index (χ2v) is 6.45. The summed E-state index contributed by atoms with van der Waals surface area (Å²) in [5, 5.41) is 2.83. The predicted molar refractivity (Wildman–Crippen MR) is 108 cm³/mol. The van der Waals surface area contributed by atoms with E-state index in [1.54, 1.807) is 18.7 Å². The number of rotatable bonds is 4. The Balaban J connectivity index is 1.47. The smallest absolute Gasteiger partial charge is 0.255 e. The van der Waals surface area contributed by atoms with Gasteiger partial charge in [0, 0.05) is 11.3 Å². The van der Waals surface area contributed by atoms with Crippen LogP contribution in [0.2, 0.25) is 0 Å². The van der Waals surface area contributed by atoms with E-state index in [2.05, 4.69) is 20.3 Å². The summed E-state index contributed by atoms with van der Waals surface area (Å²) in [5.74, 6) is 0.314. The Morgan fingerprint density at radius 3 is 2.11 bits per heavy atom. The van der Waals surface area contributed by atoms with E-state index >= 15 is 0 Å². The zero-order chi connectivity index (χ0) is 19.5. The van der Waals surface area contributed by atoms with E-state index in [1.165, 1.54) is 0 Å². The zero-order valence-electron chi connectivity index (χ0n) is 15.6. The molecule has 0 atom stereocenters. The van der Waals surface area contributed by atoms with Crippen molar-refractivity contribution in [3.8, 4) is 17.1 Å². The number of nitrogens with one attached hydrogen (secondary N) is 1. The minimum atomic E-state index is -0.203. The fourth-order valence-electron chi connectivity index (χ4n) is 2.86. The maximum absolute atomic E-state index is 12.5. The molecule has 0 fully saturated rings. The van der Waals surface area contributed by atoms with Gasteiger partial charge in [-0.3, -0.25) is 9.36 Å². The fourth-order valence-corrected chi connectivity index (χ4v) is 2.86. The van der Waals surface area contributed by atoms with Crippen molar-refractivity contribution in [2.45, 2.75) is 13.8 Å². The summed E-state index contributed by atoms with van der Waals surface area (Å²) in [5.41, 5.74) is 5.20. The molecule has 0 aliphatic carbocycles. The first kappa shape index (κ1) is 17.6. The zero-order valence-corrected chi connectivity index (χ0v) is 15.6. The Hall–Kier alpha value is -3.80. The van der Waals surface area contributed by atoms with Gasteiger partial charge in [0.2, 0.25) is 5.95 Å². The maximum Gasteiger partial charge on any atom is 0.255 e. The van der Waals surface area contributed by atoms with Gasteiger partial charge in [0.1, 0.15) is 6.33 Å². The van der Waals surface area contributed by atoms with E-state index in [0.29, 0.717) is 17.2 Å². The van der Waals surface area contributed by atoms with Gasteiger partial charge in [0.25, 0.3) is 5.91 Å². The molecule has 0 saturated carbocycles. The Kier molecular flexibility index (Phi) is 4.68. The van der Waals surface area contributed by atoms with Crippen molar-refractivity contribution in [2.75, 3.05) is 5.32 Å². The van der Waals surface area contributed by atoms with Crippen LogP contribution in [0, 0.1) is 13.8 Å². The highest BCUT2D eigenvalue weighted by Crippen LogP contribution is 2.20. The Bertz CT molecular complexity index is 1100. The van der Waals surface area contributed by atoms with Gasteiger partial charge in [-0.25, -0.2) is 15.0 Å². The molecule has 138 valence electrons. The minimum absolute atomic E-state index is 0.203. The molecule has 6 heteroatoms. The summed E-state index contributed by atoms with van der Waals surface area (Å²) in [6.07, 6.45) is 4.87. The molecular weight excluding hydrogens is 350 g/mol. The lowest BCUT2D eigenvalue weighted by molar-refractivity contribution is 0.102. The van der Waals surface area contributed by atoms with Gasteiger partial charge < -0.3 is 5.32 Å². The third kappa shape index (κ3) is 3.53. The molecule has 0 saturated heterocycles. The second-order valence-electron chi connectivity index (χ2n) is 6.45. The second kappa shape index (κ2) is 7.44. The number of amides is 1. The van der Waals surface area contributed by atoms with Crippen LogP contribution < -0.4 is 5.32 Å². The summed E-state index contributed by atoms with van der Waals surface area (Å²) >= 11 is 0. The monoisotopic (exact) mass is 369 g/mol. The summed E-state index contributed by atoms with van der Waals surface area (Å²) in [4.78, 5) is 25.4. The normalized spacial score (nSPS) is 10.6. The molecule has 28 heavy (non-hydrogen) atoms. The van der Waals surface area contributed by atoms with Gasteiger partial charge in [-0.1, -0.05) is 42.5 Å². The number of imidazole rings is 1. The summed E-state index contributed by atoms with van der Waals surface area (Å²) < 4.78 is 1.81. The van der Waals surface area contributed by atoms with Gasteiger partial charge in [-0.2, -0.15) is 0 Å². The van der Waals surface area contributed by atoms with Gasteiger partial charge in [-0.15, -0.1) is 0 Å². The number of nitrogens with zero attached hydrogens (tertiary/aromatic N) is 4. The topological polar surface area (TPSA) is 72.7 Å². The van der Waals surface area contributed by atoms with Crippen molar-refractivity contribution in [3.05, 3.63) is 90.3 Å². The standard InChI is InChI=1S/C22H19N5O/c1-15-16(2)27(14-25-15)22-23-12-20(13-24-22)26-21(28)19-10-8-18(9-11-19)17-6-4-3-5-7-17/h3-14H,1-2H3,(H,26,28). The highest BCUT2D eigenvalue weighted by molar-refractivity contribution is 6.04. The van der Waals surface area contributed by atoms with Crippen molar-refractivity contribution in [3.63, 3.8) is 0 Å². The molecule has 4 aromatic rings. The number of hydrogen-bond acceptors (Lipinski definition) is 4. The van der Waals surface area contributed by atoms with Crippen LogP contribution in [-0.4, -0.2) is 25.4 Å². The maximum atomic E-state index is 12.5. The average Bonchev–Trinajstić information content (AvgIpc) is 3.08. The number of benzene rings is 2. The first-order chi connectivity index (χ1) is 13.6. The summed E-state index contributed by atoms with van der Waals surface area (Å²) in [7, 11) is 0. The van der Waals surface area contributed by atoms with Crippen LogP contribution in [-0.2, 0) is 0 Å². The molecule has 2 heterocycles. The molecule has 2 aromatic carbocycles. The van der Waals surface area contributed by atoms with E-state index in [9.17, 15) is 4.79 Å². The number of aromatic nitrogens is 4. The van der Waals surface area contributed by atoms with Gasteiger partial charge in [0.05, 0.1) is 23.8 Å². The van der Waals surface area contributed by atoms with Crippen molar-refractivity contribution in [2.24, 2.45) is 0 Å². The van der Waals surface area contributed by atoms with E-state index in [1.807, 2.05) is 73.0 Å². The van der Waals surface area contributed by atoms with Crippen molar-refractivity contribution in [1.82, 2.24) is 19.5 Å². The lowest BCUT2D eigenvalue weighted by Crippen LogP contribution is -2.13. The Labute approximate surface area is 162 Å². The van der Waals surface area contributed by atoms with E-state index in [0.717, 1.165) is 22.5 Å². The lowest BCUT2D eigenvalue weighted by Gasteiger charge is -2.08. The first-order valence-corrected chi connectivity index (χ1v) is 8.91. The van der Waals surface area contributed by atoms with E-state index < -0.39 is 0 Å². The van der Waals surface area contributed by atoms with Crippen LogP contribution in [0.5, 0.6) is 0 Å². The Morgan fingerprint density at radius 1 is 0.857 bits per heavy atom. The van der Waals surface area contributed by atoms with E-state index in [4.69, 9.17) is 0 Å². The third-order valence-electron chi connectivity index (χ3n) is 4.62. The molecule has 0 unspecified atom stereocenters. The molecule has 0 aliphatic heterocycles. The number of aryl methyl sites for hydroxylation is 1. The van der Waals surface area contributed by atoms with Crippen LogP contribution in [0.25, 0.3) is 17.1 Å². The number of hydrogen-bond donors (Lipinski definition) is 1. The van der Waals surface area contributed by atoms with Crippen molar-refractivity contribution in [1.29, 1.82) is 0 Å². The number of carbonyl (C=O) groups is 1. The number of anilines is 1. The Morgan fingerprint density at radius 2 is 1.50 bits per heavy atom. The molecule has 0 radical (unpaired) electrons. The summed E-state index contributed by atoms with van der Waals surface area (Å²) in [6.45, 7) is 3.89. The molecule has 0 bridgehead atoms. The van der Waals surface area contributed by atoms with Crippen LogP contribution in [0.15, 0.2) is 73.3 Å². The van der Waals surface area contributed by atoms with Crippen LogP contribution in [0.3, 0.4) is 0 Å². The van der Waals surface area contributed by atoms with Crippen LogP contribution in [0.4, 0.5) is 5.69 Å². The molecule has 0 spiro atoms. The molecule has 2 aromatic heterocycles. The van der Waals surface area contributed by atoms with Crippen LogP contribution >= 0.6 is 0 Å². The molecule has 1 N–H and O–H groups in total. The van der Waals surface area contributed by atoms with Gasteiger partial charge >= 0.3 is 0 Å². The molecule has 1 amide bonds. The highest BCUT2D eigenvalue weighted by Gasteiger charge is 2.10. The quantitative estimate of drug-likeness (QED) is 0.585. The van der Waals surface area contributed by atoms with Gasteiger partial charge in [-0.05, 0) is 37.1 Å². The van der Waals surface area contributed by atoms with Crippen molar-refractivity contribution >= 4 is 11.6 Å². The molecule has 6 nitrogen and oxygen atoms in total. The predicted octanol–water partition coefficient (Wildman–Crippen LogP) is 4.20. The van der Waals surface area contributed by atoms with Crippen molar-refractivity contribution < 1.29 is 4.79 Å². The fraction of sp³-hybridized carbons (Fsp3) is 0.0909. The van der Waals surface area contributed by atoms with E-state index in [-0.39, 0.29) is 5.91 Å². The lowest BCUT2D eigenvalue weighted by atomic mass is 10.0. The molecular formula is C22H19N5O. The minimum Gasteiger partial charge on any atom is -0.319 e. The third-order valence-corrected chi connectivity index (χ3v) is 4.62. The SMILES string of the molecule is Cc1ncn(-c2ncc(NC(=O)c3ccc(-c4ccccc4)cc3)cn2)c1C. The molecule has 0 aliphatic rings. The average molecular weight is 369 g/mol. The van der Waals surface area contributed by atoms with Crippen LogP contribution in [0.1, 0.15) is 21.7 Å².